The summed E-state index contributed by atoms with van der Waals surface area (Å²) in [5, 5.41) is 2.76. The number of hydrogen-bond acceptors (Lipinski definition) is 4. The zero-order valence-corrected chi connectivity index (χ0v) is 14.8. The summed E-state index contributed by atoms with van der Waals surface area (Å²) < 4.78 is 15.5. The van der Waals surface area contributed by atoms with Crippen LogP contribution in [0.1, 0.15) is 17.5 Å². The minimum absolute atomic E-state index is 0.377. The number of methoxy groups -OCH3 is 2. The molecule has 0 aliphatic carbocycles. The Morgan fingerprint density at radius 2 is 1.68 bits per heavy atom. The number of alkyl carbamates (subject to hydrolysis) is 1. The summed E-state index contributed by atoms with van der Waals surface area (Å²) in [6.45, 7) is 0.932. The number of aryl methyl sites for hydroxylation is 1. The maximum atomic E-state index is 11.7. The van der Waals surface area contributed by atoms with Crippen molar-refractivity contribution < 1.29 is 19.0 Å². The average molecular weight is 343 g/mol. The van der Waals surface area contributed by atoms with Crippen LogP contribution < -0.4 is 14.8 Å². The standard InChI is InChI=1S/C20H25NO4/c1-23-18-10-8-16(9-11-18)6-4-14-25-20(22)21-13-12-17-5-3-7-19(15-17)24-2/h3,5,7-11,15H,4,6,12-14H2,1-2H3,(H,21,22). The first-order valence-electron chi connectivity index (χ1n) is 8.38. The largest absolute Gasteiger partial charge is 0.497 e. The Hall–Kier alpha value is -2.69. The molecule has 0 aliphatic heterocycles. The third-order valence-electron chi connectivity index (χ3n) is 3.82. The zero-order chi connectivity index (χ0) is 17.9. The number of nitrogens with one attached hydrogen (secondary N) is 1. The molecule has 2 aromatic carbocycles. The summed E-state index contributed by atoms with van der Waals surface area (Å²) in [6, 6.07) is 15.7. The molecule has 2 rings (SSSR count). The molecule has 0 saturated carbocycles. The van der Waals surface area contributed by atoms with Gasteiger partial charge in [-0.3, -0.25) is 0 Å². The van der Waals surface area contributed by atoms with Crippen LogP contribution in [-0.2, 0) is 17.6 Å². The van der Waals surface area contributed by atoms with Gasteiger partial charge in [-0.05, 0) is 54.7 Å². The van der Waals surface area contributed by atoms with E-state index in [1.165, 1.54) is 5.56 Å². The van der Waals surface area contributed by atoms with Gasteiger partial charge in [0.25, 0.3) is 0 Å². The number of ether oxygens (including phenoxy) is 3. The van der Waals surface area contributed by atoms with E-state index in [2.05, 4.69) is 5.32 Å². The van der Waals surface area contributed by atoms with Gasteiger partial charge < -0.3 is 19.5 Å². The lowest BCUT2D eigenvalue weighted by Crippen LogP contribution is -2.26. The highest BCUT2D eigenvalue weighted by atomic mass is 16.5. The number of amides is 1. The predicted molar refractivity (Wildman–Crippen MR) is 97.4 cm³/mol. The Morgan fingerprint density at radius 1 is 0.920 bits per heavy atom. The van der Waals surface area contributed by atoms with Crippen LogP contribution in [0.25, 0.3) is 0 Å². The quantitative estimate of drug-likeness (QED) is 0.707. The highest BCUT2D eigenvalue weighted by Gasteiger charge is 2.03. The van der Waals surface area contributed by atoms with Crippen LogP contribution in [0, 0.1) is 0 Å². The number of carbonyl (C=O) groups is 1. The summed E-state index contributed by atoms with van der Waals surface area (Å²) in [6.07, 6.45) is 2.01. The van der Waals surface area contributed by atoms with Gasteiger partial charge in [-0.15, -0.1) is 0 Å². The number of rotatable bonds is 9. The van der Waals surface area contributed by atoms with Crippen molar-refractivity contribution in [2.75, 3.05) is 27.4 Å². The van der Waals surface area contributed by atoms with Crippen molar-refractivity contribution in [3.63, 3.8) is 0 Å². The van der Waals surface area contributed by atoms with Gasteiger partial charge in [-0.2, -0.15) is 0 Å². The van der Waals surface area contributed by atoms with Crippen LogP contribution in [0.5, 0.6) is 11.5 Å². The van der Waals surface area contributed by atoms with E-state index in [9.17, 15) is 4.79 Å². The van der Waals surface area contributed by atoms with Crippen molar-refractivity contribution in [3.05, 3.63) is 59.7 Å². The summed E-state index contributed by atoms with van der Waals surface area (Å²) in [5.74, 6) is 1.66. The van der Waals surface area contributed by atoms with Gasteiger partial charge in [0, 0.05) is 6.54 Å². The number of hydrogen-bond donors (Lipinski definition) is 1. The Balaban J connectivity index is 1.58. The van der Waals surface area contributed by atoms with E-state index < -0.39 is 0 Å². The highest BCUT2D eigenvalue weighted by molar-refractivity contribution is 5.67. The third-order valence-corrected chi connectivity index (χ3v) is 3.82. The van der Waals surface area contributed by atoms with Crippen molar-refractivity contribution in [1.82, 2.24) is 5.32 Å². The Bertz CT molecular complexity index is 655. The van der Waals surface area contributed by atoms with Gasteiger partial charge in [0.05, 0.1) is 20.8 Å². The molecule has 2 aromatic rings. The molecule has 5 nitrogen and oxygen atoms in total. The molecule has 0 radical (unpaired) electrons. The monoisotopic (exact) mass is 343 g/mol. The molecule has 0 bridgehead atoms. The van der Waals surface area contributed by atoms with E-state index in [4.69, 9.17) is 14.2 Å². The predicted octanol–water partition coefficient (Wildman–Crippen LogP) is 3.61. The van der Waals surface area contributed by atoms with E-state index in [1.54, 1.807) is 14.2 Å². The lowest BCUT2D eigenvalue weighted by Gasteiger charge is -2.08. The molecule has 1 amide bonds. The summed E-state index contributed by atoms with van der Waals surface area (Å²) in [5.41, 5.74) is 2.31. The lowest BCUT2D eigenvalue weighted by molar-refractivity contribution is 0.145. The topological polar surface area (TPSA) is 56.8 Å². The van der Waals surface area contributed by atoms with Crippen molar-refractivity contribution in [2.45, 2.75) is 19.3 Å². The summed E-state index contributed by atoms with van der Waals surface area (Å²) in [4.78, 5) is 11.7. The molecule has 5 heteroatoms. The summed E-state index contributed by atoms with van der Waals surface area (Å²) >= 11 is 0. The number of carbonyl (C=O) groups excluding carboxylic acids is 1. The molecule has 0 spiro atoms. The van der Waals surface area contributed by atoms with E-state index in [0.29, 0.717) is 13.2 Å². The Morgan fingerprint density at radius 3 is 2.40 bits per heavy atom. The van der Waals surface area contributed by atoms with E-state index in [0.717, 1.165) is 36.3 Å². The minimum atomic E-state index is -0.377. The van der Waals surface area contributed by atoms with Gasteiger partial charge in [0.2, 0.25) is 0 Å². The molecular formula is C20H25NO4. The SMILES string of the molecule is COc1ccc(CCCOC(=O)NCCc2cccc(OC)c2)cc1. The van der Waals surface area contributed by atoms with Crippen LogP contribution in [0.3, 0.4) is 0 Å². The van der Waals surface area contributed by atoms with Gasteiger partial charge in [0.15, 0.2) is 0 Å². The molecule has 0 aliphatic rings. The lowest BCUT2D eigenvalue weighted by atomic mass is 10.1. The van der Waals surface area contributed by atoms with Gasteiger partial charge in [-0.25, -0.2) is 4.79 Å². The third kappa shape index (κ3) is 6.75. The molecule has 134 valence electrons. The maximum absolute atomic E-state index is 11.7. The molecule has 0 atom stereocenters. The van der Waals surface area contributed by atoms with Crippen molar-refractivity contribution in [3.8, 4) is 11.5 Å². The summed E-state index contributed by atoms with van der Waals surface area (Å²) in [7, 11) is 3.29. The van der Waals surface area contributed by atoms with Crippen molar-refractivity contribution in [1.29, 1.82) is 0 Å². The Labute approximate surface area is 148 Å². The fourth-order valence-electron chi connectivity index (χ4n) is 2.42. The van der Waals surface area contributed by atoms with Gasteiger partial charge in [-0.1, -0.05) is 24.3 Å². The molecule has 25 heavy (non-hydrogen) atoms. The molecule has 0 heterocycles. The number of benzene rings is 2. The smallest absolute Gasteiger partial charge is 0.407 e. The molecule has 0 saturated heterocycles. The van der Waals surface area contributed by atoms with Crippen LogP contribution in [-0.4, -0.2) is 33.5 Å². The van der Waals surface area contributed by atoms with Crippen LogP contribution >= 0.6 is 0 Å². The van der Waals surface area contributed by atoms with Crippen LogP contribution in [0.2, 0.25) is 0 Å². The van der Waals surface area contributed by atoms with E-state index in [1.807, 2.05) is 48.5 Å². The molecule has 0 unspecified atom stereocenters. The van der Waals surface area contributed by atoms with Crippen LogP contribution in [0.15, 0.2) is 48.5 Å². The second-order valence-electron chi connectivity index (χ2n) is 5.62. The molecule has 0 fully saturated rings. The van der Waals surface area contributed by atoms with Gasteiger partial charge in [0.1, 0.15) is 11.5 Å². The van der Waals surface area contributed by atoms with E-state index in [-0.39, 0.29) is 6.09 Å². The first-order chi connectivity index (χ1) is 12.2. The van der Waals surface area contributed by atoms with Crippen molar-refractivity contribution >= 4 is 6.09 Å². The molecular weight excluding hydrogens is 318 g/mol. The fourth-order valence-corrected chi connectivity index (χ4v) is 2.42. The highest BCUT2D eigenvalue weighted by Crippen LogP contribution is 2.13. The molecule has 1 N–H and O–H groups in total. The second kappa shape index (κ2) is 10.2. The fraction of sp³-hybridized carbons (Fsp3) is 0.350. The first kappa shape index (κ1) is 18.6. The maximum Gasteiger partial charge on any atom is 0.407 e. The molecule has 0 aromatic heterocycles. The normalized spacial score (nSPS) is 10.2. The van der Waals surface area contributed by atoms with E-state index >= 15 is 0 Å². The minimum Gasteiger partial charge on any atom is -0.497 e. The van der Waals surface area contributed by atoms with Crippen LogP contribution in [0.4, 0.5) is 4.79 Å². The first-order valence-corrected chi connectivity index (χ1v) is 8.38. The van der Waals surface area contributed by atoms with Gasteiger partial charge >= 0.3 is 6.09 Å². The second-order valence-corrected chi connectivity index (χ2v) is 5.62. The zero-order valence-electron chi connectivity index (χ0n) is 14.8. The average Bonchev–Trinajstić information content (AvgIpc) is 2.66. The Kier molecular flexibility index (Phi) is 7.63. The van der Waals surface area contributed by atoms with Crippen molar-refractivity contribution in [2.24, 2.45) is 0 Å².